The molecule has 1 heterocycles. The van der Waals surface area contributed by atoms with Crippen molar-refractivity contribution in [3.8, 4) is 5.75 Å². The lowest BCUT2D eigenvalue weighted by atomic mass is 10.1. The molecule has 0 saturated carbocycles. The zero-order valence-corrected chi connectivity index (χ0v) is 13.5. The molecule has 0 saturated heterocycles. The van der Waals surface area contributed by atoms with E-state index in [0.29, 0.717) is 18.0 Å². The fraction of sp³-hybridized carbons (Fsp3) is 0.235. The van der Waals surface area contributed by atoms with Crippen molar-refractivity contribution in [3.05, 3.63) is 59.1 Å². The lowest BCUT2D eigenvalue weighted by Gasteiger charge is -2.11. The molecule has 3 nitrogen and oxygen atoms in total. The number of hydrogen-bond acceptors (Lipinski definition) is 3. The summed E-state index contributed by atoms with van der Waals surface area (Å²) in [6.07, 6.45) is 0.128. The largest absolute Gasteiger partial charge is 0.480 e. The zero-order chi connectivity index (χ0) is 15.4. The number of fused-ring (bicyclic) bond motifs is 1. The molecule has 0 aliphatic carbocycles. The maximum absolute atomic E-state index is 12.1. The van der Waals surface area contributed by atoms with Gasteiger partial charge in [0.1, 0.15) is 5.75 Å². The van der Waals surface area contributed by atoms with Gasteiger partial charge in [-0.1, -0.05) is 29.8 Å². The minimum atomic E-state index is -0.449. The van der Waals surface area contributed by atoms with Crippen molar-refractivity contribution in [1.29, 1.82) is 0 Å². The third-order valence-electron chi connectivity index (χ3n) is 3.40. The van der Waals surface area contributed by atoms with Gasteiger partial charge in [-0.25, -0.2) is 0 Å². The summed E-state index contributed by atoms with van der Waals surface area (Å²) < 4.78 is 5.66. The van der Waals surface area contributed by atoms with E-state index in [2.05, 4.69) is 17.4 Å². The molecule has 1 N–H and O–H groups in total. The van der Waals surface area contributed by atoms with Crippen LogP contribution in [0.15, 0.2) is 53.4 Å². The second kappa shape index (κ2) is 7.07. The fourth-order valence-electron chi connectivity index (χ4n) is 2.34. The molecule has 1 atom stereocenters. The monoisotopic (exact) mass is 333 g/mol. The molecule has 5 heteroatoms. The van der Waals surface area contributed by atoms with E-state index in [1.165, 1.54) is 4.90 Å². The first-order chi connectivity index (χ1) is 10.7. The van der Waals surface area contributed by atoms with Crippen LogP contribution in [-0.4, -0.2) is 24.3 Å². The van der Waals surface area contributed by atoms with Crippen molar-refractivity contribution in [2.75, 3.05) is 12.3 Å². The van der Waals surface area contributed by atoms with E-state index in [4.69, 9.17) is 16.3 Å². The van der Waals surface area contributed by atoms with E-state index >= 15 is 0 Å². The molecule has 22 heavy (non-hydrogen) atoms. The standard InChI is InChI=1S/C17H16ClNO2S/c18-13-6-7-15-12(10-13)11-16(21-15)17(20)19-8-9-22-14-4-2-1-3-5-14/h1-7,10,16H,8-9,11H2,(H,19,20)/t16-/m0/s1. The highest BCUT2D eigenvalue weighted by atomic mass is 35.5. The Labute approximate surface area is 139 Å². The Balaban J connectivity index is 1.44. The first kappa shape index (κ1) is 15.3. The second-order valence-electron chi connectivity index (χ2n) is 5.02. The molecule has 3 rings (SSSR count). The van der Waals surface area contributed by atoms with Crippen molar-refractivity contribution in [2.45, 2.75) is 17.4 Å². The number of rotatable bonds is 5. The Morgan fingerprint density at radius 3 is 2.91 bits per heavy atom. The van der Waals surface area contributed by atoms with E-state index in [-0.39, 0.29) is 5.91 Å². The summed E-state index contributed by atoms with van der Waals surface area (Å²) in [6.45, 7) is 0.620. The Bertz CT molecular complexity index is 663. The van der Waals surface area contributed by atoms with Gasteiger partial charge in [0.2, 0.25) is 0 Å². The average molecular weight is 334 g/mol. The van der Waals surface area contributed by atoms with Crippen molar-refractivity contribution >= 4 is 29.3 Å². The minimum absolute atomic E-state index is 0.0685. The van der Waals surface area contributed by atoms with Crippen molar-refractivity contribution < 1.29 is 9.53 Å². The van der Waals surface area contributed by atoms with Crippen LogP contribution in [0, 0.1) is 0 Å². The molecule has 2 aromatic carbocycles. The number of halogens is 1. The van der Waals surface area contributed by atoms with E-state index in [9.17, 15) is 4.79 Å². The van der Waals surface area contributed by atoms with Gasteiger partial charge in [-0.15, -0.1) is 11.8 Å². The number of ether oxygens (including phenoxy) is 1. The molecule has 0 bridgehead atoms. The van der Waals surface area contributed by atoms with Crippen molar-refractivity contribution in [2.24, 2.45) is 0 Å². The molecular formula is C17H16ClNO2S. The topological polar surface area (TPSA) is 38.3 Å². The Kier molecular flexibility index (Phi) is 4.90. The number of amides is 1. The van der Waals surface area contributed by atoms with E-state index in [0.717, 1.165) is 17.1 Å². The summed E-state index contributed by atoms with van der Waals surface area (Å²) in [5.41, 5.74) is 0.992. The van der Waals surface area contributed by atoms with Crippen LogP contribution in [0.4, 0.5) is 0 Å². The number of carbonyl (C=O) groups excluding carboxylic acids is 1. The summed E-state index contributed by atoms with van der Waals surface area (Å²) in [4.78, 5) is 13.3. The van der Waals surface area contributed by atoms with E-state index in [1.807, 2.05) is 30.3 Å². The van der Waals surface area contributed by atoms with Gasteiger partial charge in [0.25, 0.3) is 5.91 Å². The average Bonchev–Trinajstić information content (AvgIpc) is 2.95. The van der Waals surface area contributed by atoms with Crippen molar-refractivity contribution in [1.82, 2.24) is 5.32 Å². The lowest BCUT2D eigenvalue weighted by Crippen LogP contribution is -2.38. The van der Waals surface area contributed by atoms with E-state index in [1.54, 1.807) is 17.8 Å². The van der Waals surface area contributed by atoms with Crippen LogP contribution in [0.1, 0.15) is 5.56 Å². The summed E-state index contributed by atoms with van der Waals surface area (Å²) >= 11 is 7.67. The molecule has 0 spiro atoms. The van der Waals surface area contributed by atoms with Gasteiger partial charge >= 0.3 is 0 Å². The van der Waals surface area contributed by atoms with Crippen LogP contribution in [0.5, 0.6) is 5.75 Å². The van der Waals surface area contributed by atoms with Crippen LogP contribution >= 0.6 is 23.4 Å². The molecule has 1 aliphatic heterocycles. The lowest BCUT2D eigenvalue weighted by molar-refractivity contribution is -0.127. The number of hydrogen-bond donors (Lipinski definition) is 1. The SMILES string of the molecule is O=C(NCCSc1ccccc1)[C@@H]1Cc2cc(Cl)ccc2O1. The zero-order valence-electron chi connectivity index (χ0n) is 11.9. The van der Waals surface area contributed by atoms with Crippen LogP contribution < -0.4 is 10.1 Å². The van der Waals surface area contributed by atoms with Gasteiger partial charge in [-0.05, 0) is 35.9 Å². The molecule has 1 aliphatic rings. The quantitative estimate of drug-likeness (QED) is 0.671. The van der Waals surface area contributed by atoms with Crippen LogP contribution in [0.25, 0.3) is 0 Å². The predicted octanol–water partition coefficient (Wildman–Crippen LogP) is 3.55. The van der Waals surface area contributed by atoms with Crippen molar-refractivity contribution in [3.63, 3.8) is 0 Å². The van der Waals surface area contributed by atoms with Gasteiger partial charge in [0.05, 0.1) is 0 Å². The smallest absolute Gasteiger partial charge is 0.261 e. The Morgan fingerprint density at radius 1 is 1.27 bits per heavy atom. The molecule has 0 fully saturated rings. The van der Waals surface area contributed by atoms with Crippen LogP contribution in [0.3, 0.4) is 0 Å². The summed E-state index contributed by atoms with van der Waals surface area (Å²) in [5, 5.41) is 3.60. The van der Waals surface area contributed by atoms with Gasteiger partial charge in [0, 0.05) is 28.6 Å². The van der Waals surface area contributed by atoms with Crippen LogP contribution in [-0.2, 0) is 11.2 Å². The molecule has 0 radical (unpaired) electrons. The predicted molar refractivity (Wildman–Crippen MR) is 89.7 cm³/mol. The van der Waals surface area contributed by atoms with E-state index < -0.39 is 6.10 Å². The van der Waals surface area contributed by atoms with Gasteiger partial charge < -0.3 is 10.1 Å². The number of carbonyl (C=O) groups is 1. The summed E-state index contributed by atoms with van der Waals surface area (Å²) in [6, 6.07) is 15.6. The summed E-state index contributed by atoms with van der Waals surface area (Å²) in [7, 11) is 0. The Hall–Kier alpha value is -1.65. The summed E-state index contributed by atoms with van der Waals surface area (Å²) in [5.74, 6) is 1.52. The fourth-order valence-corrected chi connectivity index (χ4v) is 3.32. The van der Waals surface area contributed by atoms with Gasteiger partial charge in [-0.3, -0.25) is 4.79 Å². The van der Waals surface area contributed by atoms with Gasteiger partial charge in [0.15, 0.2) is 6.10 Å². The first-order valence-corrected chi connectivity index (χ1v) is 8.49. The number of nitrogens with one attached hydrogen (secondary N) is 1. The molecular weight excluding hydrogens is 318 g/mol. The van der Waals surface area contributed by atoms with Crippen LogP contribution in [0.2, 0.25) is 5.02 Å². The third-order valence-corrected chi connectivity index (χ3v) is 4.65. The highest BCUT2D eigenvalue weighted by molar-refractivity contribution is 7.99. The van der Waals surface area contributed by atoms with Gasteiger partial charge in [-0.2, -0.15) is 0 Å². The third kappa shape index (κ3) is 3.76. The Morgan fingerprint density at radius 2 is 2.09 bits per heavy atom. The maximum Gasteiger partial charge on any atom is 0.261 e. The minimum Gasteiger partial charge on any atom is -0.480 e. The molecule has 114 valence electrons. The normalized spacial score (nSPS) is 16.0. The molecule has 2 aromatic rings. The first-order valence-electron chi connectivity index (χ1n) is 7.13. The molecule has 0 unspecified atom stereocenters. The highest BCUT2D eigenvalue weighted by Gasteiger charge is 2.28. The number of benzene rings is 2. The highest BCUT2D eigenvalue weighted by Crippen LogP contribution is 2.31. The number of thioether (sulfide) groups is 1. The maximum atomic E-state index is 12.1. The second-order valence-corrected chi connectivity index (χ2v) is 6.62. The molecule has 0 aromatic heterocycles. The molecule has 1 amide bonds.